The molecule has 2 rings (SSSR count). The van der Waals surface area contributed by atoms with Gasteiger partial charge in [-0.05, 0) is 88.1 Å². The lowest BCUT2D eigenvalue weighted by Gasteiger charge is -2.00. The van der Waals surface area contributed by atoms with E-state index in [-0.39, 0.29) is 0 Å². The molecule has 0 unspecified atom stereocenters. The van der Waals surface area contributed by atoms with Crippen molar-refractivity contribution in [3.8, 4) is 6.07 Å². The van der Waals surface area contributed by atoms with Crippen molar-refractivity contribution in [3.63, 3.8) is 0 Å². The second kappa shape index (κ2) is 14.6. The van der Waals surface area contributed by atoms with Crippen LogP contribution in [-0.2, 0) is 0 Å². The van der Waals surface area contributed by atoms with Crippen LogP contribution in [0, 0.1) is 18.3 Å². The first-order valence-electron chi connectivity index (χ1n) is 9.52. The molecule has 0 aromatic heterocycles. The molecule has 0 aliphatic carbocycles. The van der Waals surface area contributed by atoms with Crippen LogP contribution in [0.25, 0.3) is 5.57 Å². The number of aryl methyl sites for hydroxylation is 1. The lowest BCUT2D eigenvalue weighted by Crippen LogP contribution is -1.89. The van der Waals surface area contributed by atoms with Gasteiger partial charge in [0.1, 0.15) is 0 Å². The number of nitrogens with zero attached hydrogens (tertiary/aromatic N) is 2. The molecule has 2 N–H and O–H groups in total. The maximum absolute atomic E-state index is 8.71. The fraction of sp³-hybridized carbons (Fsp3) is 0.231. The van der Waals surface area contributed by atoms with Crippen LogP contribution < -0.4 is 5.73 Å². The maximum atomic E-state index is 8.71. The van der Waals surface area contributed by atoms with Gasteiger partial charge in [-0.3, -0.25) is 4.99 Å². The van der Waals surface area contributed by atoms with Crippen molar-refractivity contribution < 1.29 is 0 Å². The van der Waals surface area contributed by atoms with E-state index < -0.39 is 0 Å². The Hall–Kier alpha value is -3.38. The van der Waals surface area contributed by atoms with E-state index >= 15 is 0 Å². The Morgan fingerprint density at radius 3 is 2.00 bits per heavy atom. The zero-order chi connectivity index (χ0) is 22.2. The molecular weight excluding hydrogens is 354 g/mol. The number of nitrogens with two attached hydrogens (primary N) is 1. The molecule has 0 heterocycles. The molecule has 0 aliphatic heterocycles. The highest BCUT2D eigenvalue weighted by atomic mass is 14.7. The predicted molar refractivity (Wildman–Crippen MR) is 129 cm³/mol. The van der Waals surface area contributed by atoms with E-state index in [4.69, 9.17) is 11.0 Å². The van der Waals surface area contributed by atoms with E-state index in [1.165, 1.54) is 5.56 Å². The third-order valence-corrected chi connectivity index (χ3v) is 3.91. The SMILES string of the molecule is C/C=C\C.C=C(C)C(C)=N/C=C(\C)c1ccc(C#N)cc1.Cc1cccc(N)c1. The molecule has 0 saturated heterocycles. The standard InChI is InChI=1S/C15H16N2.C7H9N.C4H8/c1-11(2)13(4)17-10-12(3)15-7-5-14(9-16)6-8-15;1-6-3-2-4-7(8)5-6;1-3-4-2/h5-8,10H,1H2,2-4H3;2-5H,8H2,1H3;3-4H,1-2H3/b12-10+,17-13?;;4-3-. The fourth-order valence-electron chi connectivity index (χ4n) is 1.86. The summed E-state index contributed by atoms with van der Waals surface area (Å²) >= 11 is 0. The van der Waals surface area contributed by atoms with Crippen molar-refractivity contribution in [2.45, 2.75) is 41.5 Å². The molecule has 2 aromatic carbocycles. The van der Waals surface area contributed by atoms with Crippen LogP contribution in [0.15, 0.2) is 84.0 Å². The van der Waals surface area contributed by atoms with Crippen molar-refractivity contribution in [1.29, 1.82) is 5.26 Å². The van der Waals surface area contributed by atoms with Gasteiger partial charge in [0.2, 0.25) is 0 Å². The van der Waals surface area contributed by atoms with Crippen molar-refractivity contribution >= 4 is 17.0 Å². The fourth-order valence-corrected chi connectivity index (χ4v) is 1.86. The van der Waals surface area contributed by atoms with Gasteiger partial charge in [-0.15, -0.1) is 0 Å². The van der Waals surface area contributed by atoms with Gasteiger partial charge in [0, 0.05) is 17.6 Å². The number of allylic oxidation sites excluding steroid dienone is 4. The minimum Gasteiger partial charge on any atom is -0.399 e. The average molecular weight is 388 g/mol. The van der Waals surface area contributed by atoms with E-state index in [1.54, 1.807) is 0 Å². The van der Waals surface area contributed by atoms with Gasteiger partial charge < -0.3 is 5.73 Å². The molecule has 0 spiro atoms. The molecule has 0 saturated carbocycles. The number of hydrogen-bond acceptors (Lipinski definition) is 3. The Morgan fingerprint density at radius 2 is 1.62 bits per heavy atom. The van der Waals surface area contributed by atoms with Gasteiger partial charge in [0.25, 0.3) is 0 Å². The van der Waals surface area contributed by atoms with Crippen molar-refractivity contribution in [1.82, 2.24) is 0 Å². The van der Waals surface area contributed by atoms with Gasteiger partial charge in [-0.2, -0.15) is 5.26 Å². The van der Waals surface area contributed by atoms with Crippen LogP contribution in [0.5, 0.6) is 0 Å². The smallest absolute Gasteiger partial charge is 0.0991 e. The van der Waals surface area contributed by atoms with Crippen molar-refractivity contribution in [3.05, 3.63) is 95.7 Å². The summed E-state index contributed by atoms with van der Waals surface area (Å²) in [6, 6.07) is 17.4. The van der Waals surface area contributed by atoms with Crippen molar-refractivity contribution in [2.24, 2.45) is 4.99 Å². The summed E-state index contributed by atoms with van der Waals surface area (Å²) in [6.07, 6.45) is 5.82. The van der Waals surface area contributed by atoms with Crippen LogP contribution in [0.1, 0.15) is 51.3 Å². The Labute approximate surface area is 176 Å². The highest BCUT2D eigenvalue weighted by Gasteiger charge is 1.96. The molecule has 0 aliphatic rings. The number of rotatable bonds is 3. The van der Waals surface area contributed by atoms with E-state index in [0.29, 0.717) is 5.56 Å². The second-order valence-corrected chi connectivity index (χ2v) is 6.58. The van der Waals surface area contributed by atoms with Gasteiger partial charge in [-0.1, -0.05) is 43.0 Å². The van der Waals surface area contributed by atoms with Crippen LogP contribution in [0.2, 0.25) is 0 Å². The topological polar surface area (TPSA) is 62.2 Å². The highest BCUT2D eigenvalue weighted by molar-refractivity contribution is 5.97. The van der Waals surface area contributed by atoms with Gasteiger partial charge >= 0.3 is 0 Å². The lowest BCUT2D eigenvalue weighted by molar-refractivity contribution is 1.44. The summed E-state index contributed by atoms with van der Waals surface area (Å²) in [5.41, 5.74) is 12.2. The van der Waals surface area contributed by atoms with E-state index in [2.05, 4.69) is 17.6 Å². The minimum absolute atomic E-state index is 0.670. The number of nitriles is 1. The number of aliphatic imine (C=N–C) groups is 1. The summed E-state index contributed by atoms with van der Waals surface area (Å²) in [6.45, 7) is 15.7. The zero-order valence-corrected chi connectivity index (χ0v) is 18.5. The molecule has 0 fully saturated rings. The maximum Gasteiger partial charge on any atom is 0.0991 e. The molecule has 0 bridgehead atoms. The second-order valence-electron chi connectivity index (χ2n) is 6.58. The first-order valence-corrected chi connectivity index (χ1v) is 9.52. The molecule has 152 valence electrons. The largest absolute Gasteiger partial charge is 0.399 e. The Morgan fingerprint density at radius 1 is 1.03 bits per heavy atom. The molecule has 0 radical (unpaired) electrons. The van der Waals surface area contributed by atoms with Crippen LogP contribution >= 0.6 is 0 Å². The molecular formula is C26H33N3. The summed E-state index contributed by atoms with van der Waals surface area (Å²) in [7, 11) is 0. The normalized spacial score (nSPS) is 10.9. The lowest BCUT2D eigenvalue weighted by atomic mass is 10.1. The van der Waals surface area contributed by atoms with Gasteiger partial charge in [-0.25, -0.2) is 0 Å². The molecule has 0 amide bonds. The van der Waals surface area contributed by atoms with Crippen molar-refractivity contribution in [2.75, 3.05) is 5.73 Å². The Kier molecular flexibility index (Phi) is 12.9. The summed E-state index contributed by atoms with van der Waals surface area (Å²) in [5, 5.41) is 8.71. The first kappa shape index (κ1) is 25.6. The van der Waals surface area contributed by atoms with Gasteiger partial charge in [0.15, 0.2) is 0 Å². The highest BCUT2D eigenvalue weighted by Crippen LogP contribution is 2.14. The number of benzene rings is 2. The predicted octanol–water partition coefficient (Wildman–Crippen LogP) is 7.12. The third kappa shape index (κ3) is 11.8. The van der Waals surface area contributed by atoms with Gasteiger partial charge in [0.05, 0.1) is 11.6 Å². The zero-order valence-electron chi connectivity index (χ0n) is 18.5. The monoisotopic (exact) mass is 387 g/mol. The number of nitrogen functional groups attached to an aromatic ring is 1. The summed E-state index contributed by atoms with van der Waals surface area (Å²) < 4.78 is 0. The van der Waals surface area contributed by atoms with Crippen LogP contribution in [0.4, 0.5) is 5.69 Å². The van der Waals surface area contributed by atoms with Crippen LogP contribution in [0.3, 0.4) is 0 Å². The molecule has 2 aromatic rings. The average Bonchev–Trinajstić information content (AvgIpc) is 2.72. The summed E-state index contributed by atoms with van der Waals surface area (Å²) in [5.74, 6) is 0. The molecule has 3 nitrogen and oxygen atoms in total. The van der Waals surface area contributed by atoms with Crippen LogP contribution in [-0.4, -0.2) is 5.71 Å². The quantitative estimate of drug-likeness (QED) is 0.346. The number of hydrogen-bond donors (Lipinski definition) is 1. The molecule has 3 heteroatoms. The van der Waals surface area contributed by atoms with E-state index in [0.717, 1.165) is 28.1 Å². The Balaban J connectivity index is 0.000000537. The first-order chi connectivity index (χ1) is 13.7. The molecule has 29 heavy (non-hydrogen) atoms. The molecule has 0 atom stereocenters. The third-order valence-electron chi connectivity index (χ3n) is 3.91. The summed E-state index contributed by atoms with van der Waals surface area (Å²) in [4.78, 5) is 4.33. The van der Waals surface area contributed by atoms with E-state index in [1.807, 2.05) is 108 Å². The number of anilines is 1. The minimum atomic E-state index is 0.670. The van der Waals surface area contributed by atoms with E-state index in [9.17, 15) is 0 Å². The Bertz CT molecular complexity index is 871.